The highest BCUT2D eigenvalue weighted by Gasteiger charge is 2.37. The van der Waals surface area contributed by atoms with E-state index in [2.05, 4.69) is 20.6 Å². The molecule has 2 N–H and O–H groups in total. The zero-order valence-electron chi connectivity index (χ0n) is 14.8. The Labute approximate surface area is 163 Å². The number of amides is 4. The molecule has 148 valence electrons. The summed E-state index contributed by atoms with van der Waals surface area (Å²) in [5.74, 6) is -2.57. The number of nitro benzene ring substituents is 1. The van der Waals surface area contributed by atoms with Gasteiger partial charge in [0.15, 0.2) is 0 Å². The minimum atomic E-state index is -0.778. The number of benzene rings is 1. The predicted octanol–water partition coefficient (Wildman–Crippen LogP) is -0.473. The molecule has 1 aromatic carbocycles. The quantitative estimate of drug-likeness (QED) is 0.273. The van der Waals surface area contributed by atoms with Gasteiger partial charge in [0, 0.05) is 37.6 Å². The standard InChI is InChI=1S/C17H14N6O6/c24-14(20-5-6-21-15(25)13-8-18-3-4-19-13)9-22-16(26)11-2-1-10(23(28)29)7-12(11)17(22)27/h1-4,7-8H,5-6,9H2,(H,20,24)(H,21,25). The largest absolute Gasteiger partial charge is 0.353 e. The van der Waals surface area contributed by atoms with Gasteiger partial charge in [-0.25, -0.2) is 4.98 Å². The number of aromatic nitrogens is 2. The van der Waals surface area contributed by atoms with Crippen molar-refractivity contribution in [2.75, 3.05) is 19.6 Å². The molecule has 3 rings (SSSR count). The Morgan fingerprint density at radius 2 is 1.79 bits per heavy atom. The molecule has 29 heavy (non-hydrogen) atoms. The first-order chi connectivity index (χ1) is 13.9. The van der Waals surface area contributed by atoms with E-state index in [0.717, 1.165) is 12.1 Å². The van der Waals surface area contributed by atoms with Crippen LogP contribution in [0.4, 0.5) is 5.69 Å². The number of hydrogen-bond donors (Lipinski definition) is 2. The third-order valence-electron chi connectivity index (χ3n) is 4.00. The van der Waals surface area contributed by atoms with Crippen molar-refractivity contribution >= 4 is 29.3 Å². The first-order valence-corrected chi connectivity index (χ1v) is 8.34. The van der Waals surface area contributed by atoms with Gasteiger partial charge in [0.1, 0.15) is 12.2 Å². The molecule has 1 aromatic heterocycles. The summed E-state index contributed by atoms with van der Waals surface area (Å²) in [6, 6.07) is 3.32. The van der Waals surface area contributed by atoms with Gasteiger partial charge in [-0.1, -0.05) is 0 Å². The molecule has 0 bridgehead atoms. The minimum absolute atomic E-state index is 0.00429. The normalized spacial score (nSPS) is 12.5. The highest BCUT2D eigenvalue weighted by molar-refractivity contribution is 6.22. The fraction of sp³-hybridized carbons (Fsp3) is 0.176. The number of rotatable bonds is 7. The number of nitrogens with zero attached hydrogens (tertiary/aromatic N) is 4. The van der Waals surface area contributed by atoms with Crippen molar-refractivity contribution in [1.82, 2.24) is 25.5 Å². The number of nitrogens with one attached hydrogen (secondary N) is 2. The van der Waals surface area contributed by atoms with E-state index in [4.69, 9.17) is 0 Å². The zero-order valence-corrected chi connectivity index (χ0v) is 14.8. The molecule has 0 aliphatic carbocycles. The maximum Gasteiger partial charge on any atom is 0.271 e. The first kappa shape index (κ1) is 19.5. The van der Waals surface area contributed by atoms with Crippen LogP contribution in [-0.2, 0) is 4.79 Å². The van der Waals surface area contributed by atoms with Gasteiger partial charge >= 0.3 is 0 Å². The fourth-order valence-electron chi connectivity index (χ4n) is 2.62. The second-order valence-corrected chi connectivity index (χ2v) is 5.88. The topological polar surface area (TPSA) is 164 Å². The third kappa shape index (κ3) is 4.21. The Balaban J connectivity index is 1.50. The number of fused-ring (bicyclic) bond motifs is 1. The number of imide groups is 1. The van der Waals surface area contributed by atoms with Crippen LogP contribution in [0, 0.1) is 10.1 Å². The van der Waals surface area contributed by atoms with Crippen molar-refractivity contribution in [2.24, 2.45) is 0 Å². The van der Waals surface area contributed by atoms with Crippen LogP contribution in [0.1, 0.15) is 31.2 Å². The molecular weight excluding hydrogens is 384 g/mol. The lowest BCUT2D eigenvalue weighted by Crippen LogP contribution is -2.42. The molecular formula is C17H14N6O6. The molecule has 0 fully saturated rings. The van der Waals surface area contributed by atoms with E-state index >= 15 is 0 Å². The first-order valence-electron chi connectivity index (χ1n) is 8.34. The van der Waals surface area contributed by atoms with Crippen LogP contribution < -0.4 is 10.6 Å². The van der Waals surface area contributed by atoms with E-state index in [1.54, 1.807) is 0 Å². The van der Waals surface area contributed by atoms with Crippen molar-refractivity contribution in [3.8, 4) is 0 Å². The van der Waals surface area contributed by atoms with Crippen LogP contribution in [0.25, 0.3) is 0 Å². The van der Waals surface area contributed by atoms with Gasteiger partial charge in [0.25, 0.3) is 23.4 Å². The zero-order chi connectivity index (χ0) is 21.0. The van der Waals surface area contributed by atoms with E-state index in [0.29, 0.717) is 4.90 Å². The molecule has 0 spiro atoms. The van der Waals surface area contributed by atoms with Crippen LogP contribution in [0.5, 0.6) is 0 Å². The Bertz CT molecular complexity index is 1010. The number of nitro groups is 1. The molecule has 0 unspecified atom stereocenters. The maximum atomic E-state index is 12.3. The van der Waals surface area contributed by atoms with Gasteiger partial charge in [-0.15, -0.1) is 0 Å². The lowest BCUT2D eigenvalue weighted by Gasteiger charge is -2.13. The van der Waals surface area contributed by atoms with Gasteiger partial charge < -0.3 is 10.6 Å². The Hall–Kier alpha value is -4.22. The van der Waals surface area contributed by atoms with E-state index in [-0.39, 0.29) is 35.6 Å². The van der Waals surface area contributed by atoms with Crippen LogP contribution >= 0.6 is 0 Å². The molecule has 2 aromatic rings. The summed E-state index contributed by atoms with van der Waals surface area (Å²) in [6.07, 6.45) is 4.09. The third-order valence-corrected chi connectivity index (χ3v) is 4.00. The lowest BCUT2D eigenvalue weighted by atomic mass is 10.1. The van der Waals surface area contributed by atoms with Gasteiger partial charge in [0.05, 0.1) is 22.2 Å². The molecule has 0 atom stereocenters. The SMILES string of the molecule is O=C(CN1C(=O)c2ccc([N+](=O)[O-])cc2C1=O)NCCNC(=O)c1cnccn1. The molecule has 2 heterocycles. The predicted molar refractivity (Wildman–Crippen MR) is 95.8 cm³/mol. The Morgan fingerprint density at radius 1 is 1.07 bits per heavy atom. The summed E-state index contributed by atoms with van der Waals surface area (Å²) in [5, 5.41) is 15.8. The fourth-order valence-corrected chi connectivity index (χ4v) is 2.62. The molecule has 0 radical (unpaired) electrons. The summed E-state index contributed by atoms with van der Waals surface area (Å²) in [4.78, 5) is 66.9. The summed E-state index contributed by atoms with van der Waals surface area (Å²) < 4.78 is 0. The monoisotopic (exact) mass is 398 g/mol. The van der Waals surface area contributed by atoms with E-state index in [1.807, 2.05) is 0 Å². The van der Waals surface area contributed by atoms with Crippen molar-refractivity contribution in [1.29, 1.82) is 0 Å². The Morgan fingerprint density at radius 3 is 2.48 bits per heavy atom. The number of non-ortho nitro benzene ring substituents is 1. The molecule has 1 aliphatic rings. The molecule has 0 saturated carbocycles. The molecule has 0 saturated heterocycles. The summed E-state index contributed by atoms with van der Waals surface area (Å²) in [7, 11) is 0. The number of carbonyl (C=O) groups is 4. The second kappa shape index (κ2) is 8.21. The van der Waals surface area contributed by atoms with E-state index in [9.17, 15) is 29.3 Å². The number of hydrogen-bond acceptors (Lipinski definition) is 8. The molecule has 12 heteroatoms. The van der Waals surface area contributed by atoms with E-state index in [1.165, 1.54) is 24.7 Å². The molecule has 12 nitrogen and oxygen atoms in total. The second-order valence-electron chi connectivity index (χ2n) is 5.88. The van der Waals surface area contributed by atoms with Gasteiger partial charge in [0.2, 0.25) is 5.91 Å². The maximum absolute atomic E-state index is 12.3. The number of carbonyl (C=O) groups excluding carboxylic acids is 4. The molecule has 1 aliphatic heterocycles. The van der Waals surface area contributed by atoms with Gasteiger partial charge in [-0.2, -0.15) is 0 Å². The van der Waals surface area contributed by atoms with Gasteiger partial charge in [-0.3, -0.25) is 39.2 Å². The lowest BCUT2D eigenvalue weighted by molar-refractivity contribution is -0.384. The van der Waals surface area contributed by atoms with Crippen LogP contribution in [0.15, 0.2) is 36.8 Å². The van der Waals surface area contributed by atoms with Crippen molar-refractivity contribution in [3.05, 3.63) is 63.7 Å². The highest BCUT2D eigenvalue weighted by Crippen LogP contribution is 2.26. The Kier molecular flexibility index (Phi) is 5.53. The van der Waals surface area contributed by atoms with E-state index < -0.39 is 35.1 Å². The molecule has 4 amide bonds. The summed E-state index contributed by atoms with van der Waals surface area (Å²) in [5.41, 5.74) is -0.313. The summed E-state index contributed by atoms with van der Waals surface area (Å²) >= 11 is 0. The average molecular weight is 398 g/mol. The van der Waals surface area contributed by atoms with Crippen LogP contribution in [0.2, 0.25) is 0 Å². The average Bonchev–Trinajstić information content (AvgIpc) is 2.96. The van der Waals surface area contributed by atoms with Crippen molar-refractivity contribution in [3.63, 3.8) is 0 Å². The summed E-state index contributed by atoms with van der Waals surface area (Å²) in [6.45, 7) is -0.396. The van der Waals surface area contributed by atoms with Gasteiger partial charge in [-0.05, 0) is 6.07 Å². The smallest absolute Gasteiger partial charge is 0.271 e. The minimum Gasteiger partial charge on any atom is -0.353 e. The highest BCUT2D eigenvalue weighted by atomic mass is 16.6. The van der Waals surface area contributed by atoms with Crippen molar-refractivity contribution in [2.45, 2.75) is 0 Å². The van der Waals surface area contributed by atoms with Crippen LogP contribution in [-0.4, -0.2) is 63.1 Å². The van der Waals surface area contributed by atoms with Crippen LogP contribution in [0.3, 0.4) is 0 Å². The van der Waals surface area contributed by atoms with Crippen molar-refractivity contribution < 1.29 is 24.1 Å².